The number of hydrogen-bond acceptors (Lipinski definition) is 5. The molecule has 5 heteroatoms. The number of rotatable bonds is 5. The van der Waals surface area contributed by atoms with E-state index in [4.69, 9.17) is 13.9 Å². The van der Waals surface area contributed by atoms with Gasteiger partial charge in [-0.15, -0.1) is 0 Å². The van der Waals surface area contributed by atoms with Crippen molar-refractivity contribution in [3.8, 4) is 5.75 Å². The van der Waals surface area contributed by atoms with Crippen molar-refractivity contribution in [1.82, 2.24) is 0 Å². The van der Waals surface area contributed by atoms with E-state index in [1.807, 2.05) is 24.3 Å². The predicted molar refractivity (Wildman–Crippen MR) is 83.8 cm³/mol. The molecule has 5 nitrogen and oxygen atoms in total. The fraction of sp³-hybridized carbons (Fsp3) is 0.111. The van der Waals surface area contributed by atoms with Gasteiger partial charge in [0.2, 0.25) is 5.76 Å². The van der Waals surface area contributed by atoms with E-state index < -0.39 is 5.97 Å². The van der Waals surface area contributed by atoms with Crippen molar-refractivity contribution in [2.45, 2.75) is 0 Å². The molecule has 116 valence electrons. The maximum absolute atomic E-state index is 12.2. The van der Waals surface area contributed by atoms with Crippen LogP contribution in [0.2, 0.25) is 0 Å². The number of Topliss-reactive ketones (excluding diaryl/α,β-unsaturated/α-hetero) is 1. The summed E-state index contributed by atoms with van der Waals surface area (Å²) in [5.41, 5.74) is 0.481. The highest BCUT2D eigenvalue weighted by molar-refractivity contribution is 6.02. The number of hydrogen-bond donors (Lipinski definition) is 0. The van der Waals surface area contributed by atoms with Gasteiger partial charge in [0.05, 0.1) is 13.4 Å². The quantitative estimate of drug-likeness (QED) is 0.533. The first-order chi connectivity index (χ1) is 11.2. The van der Waals surface area contributed by atoms with Crippen LogP contribution in [0.4, 0.5) is 0 Å². The number of carbonyl (C=O) groups excluding carboxylic acids is 2. The molecule has 0 atom stereocenters. The summed E-state index contributed by atoms with van der Waals surface area (Å²) < 4.78 is 15.0. The fourth-order valence-electron chi connectivity index (χ4n) is 2.20. The third kappa shape index (κ3) is 3.23. The minimum absolute atomic E-state index is 0.0726. The average Bonchev–Trinajstić information content (AvgIpc) is 3.13. The maximum atomic E-state index is 12.2. The number of furan rings is 1. The van der Waals surface area contributed by atoms with Gasteiger partial charge < -0.3 is 13.9 Å². The normalized spacial score (nSPS) is 10.5. The molecular weight excluding hydrogens is 296 g/mol. The minimum Gasteiger partial charge on any atom is -0.497 e. The van der Waals surface area contributed by atoms with E-state index in [1.54, 1.807) is 25.3 Å². The van der Waals surface area contributed by atoms with Gasteiger partial charge in [0.25, 0.3) is 0 Å². The third-order valence-electron chi connectivity index (χ3n) is 3.43. The van der Waals surface area contributed by atoms with Crippen molar-refractivity contribution in [3.63, 3.8) is 0 Å². The van der Waals surface area contributed by atoms with Crippen LogP contribution in [0.15, 0.2) is 59.2 Å². The van der Waals surface area contributed by atoms with Crippen molar-refractivity contribution in [2.24, 2.45) is 0 Å². The second-order valence-corrected chi connectivity index (χ2v) is 4.90. The Morgan fingerprint density at radius 3 is 2.57 bits per heavy atom. The van der Waals surface area contributed by atoms with E-state index in [0.29, 0.717) is 5.56 Å². The highest BCUT2D eigenvalue weighted by Gasteiger charge is 2.14. The minimum atomic E-state index is -0.658. The lowest BCUT2D eigenvalue weighted by Crippen LogP contribution is -2.13. The van der Waals surface area contributed by atoms with Crippen molar-refractivity contribution >= 4 is 22.5 Å². The second-order valence-electron chi connectivity index (χ2n) is 4.90. The zero-order valence-electron chi connectivity index (χ0n) is 12.4. The summed E-state index contributed by atoms with van der Waals surface area (Å²) in [7, 11) is 1.60. The van der Waals surface area contributed by atoms with Crippen LogP contribution in [0.1, 0.15) is 20.9 Å². The first kappa shape index (κ1) is 14.8. The van der Waals surface area contributed by atoms with Gasteiger partial charge >= 0.3 is 5.97 Å². The van der Waals surface area contributed by atoms with Crippen molar-refractivity contribution < 1.29 is 23.5 Å². The molecule has 0 saturated heterocycles. The van der Waals surface area contributed by atoms with Crippen LogP contribution >= 0.6 is 0 Å². The van der Waals surface area contributed by atoms with Gasteiger partial charge in [-0.25, -0.2) is 4.79 Å². The summed E-state index contributed by atoms with van der Waals surface area (Å²) in [4.78, 5) is 23.8. The van der Waals surface area contributed by atoms with Gasteiger partial charge in [-0.3, -0.25) is 4.79 Å². The summed E-state index contributed by atoms with van der Waals surface area (Å²) in [5.74, 6) is -0.108. The molecule has 0 aliphatic heterocycles. The Morgan fingerprint density at radius 2 is 1.83 bits per heavy atom. The standard InChI is InChI=1S/C18H14O5/c1-21-15-7-6-12-9-14(5-4-13(12)10-15)16(19)11-23-18(20)17-3-2-8-22-17/h2-10H,11H2,1H3. The highest BCUT2D eigenvalue weighted by Crippen LogP contribution is 2.22. The van der Waals surface area contributed by atoms with Crippen LogP contribution in [0.5, 0.6) is 5.75 Å². The van der Waals surface area contributed by atoms with Crippen molar-refractivity contribution in [1.29, 1.82) is 0 Å². The van der Waals surface area contributed by atoms with E-state index in [-0.39, 0.29) is 18.2 Å². The zero-order valence-corrected chi connectivity index (χ0v) is 12.4. The summed E-state index contributed by atoms with van der Waals surface area (Å²) in [6.45, 7) is -0.332. The molecule has 0 N–H and O–H groups in total. The number of ether oxygens (including phenoxy) is 2. The summed E-state index contributed by atoms with van der Waals surface area (Å²) >= 11 is 0. The first-order valence-electron chi connectivity index (χ1n) is 6.99. The average molecular weight is 310 g/mol. The van der Waals surface area contributed by atoms with Gasteiger partial charge in [-0.1, -0.05) is 18.2 Å². The fourth-order valence-corrected chi connectivity index (χ4v) is 2.20. The smallest absolute Gasteiger partial charge is 0.374 e. The van der Waals surface area contributed by atoms with Gasteiger partial charge in [-0.2, -0.15) is 0 Å². The second kappa shape index (κ2) is 6.36. The molecule has 0 radical (unpaired) electrons. The maximum Gasteiger partial charge on any atom is 0.374 e. The Kier molecular flexibility index (Phi) is 4.10. The van der Waals surface area contributed by atoms with Gasteiger partial charge in [-0.05, 0) is 41.1 Å². The highest BCUT2D eigenvalue weighted by atomic mass is 16.5. The summed E-state index contributed by atoms with van der Waals surface area (Å²) in [6, 6.07) is 13.9. The molecule has 2 aromatic carbocycles. The monoisotopic (exact) mass is 310 g/mol. The molecule has 1 aromatic heterocycles. The lowest BCUT2D eigenvalue weighted by atomic mass is 10.0. The van der Waals surface area contributed by atoms with Crippen LogP contribution in [0.25, 0.3) is 10.8 Å². The largest absolute Gasteiger partial charge is 0.497 e. The van der Waals surface area contributed by atoms with Crippen LogP contribution in [0.3, 0.4) is 0 Å². The number of ketones is 1. The van der Waals surface area contributed by atoms with Crippen LogP contribution in [-0.4, -0.2) is 25.5 Å². The lowest BCUT2D eigenvalue weighted by Gasteiger charge is -2.06. The number of fused-ring (bicyclic) bond motifs is 1. The van der Waals surface area contributed by atoms with Gasteiger partial charge in [0.15, 0.2) is 12.4 Å². The molecule has 3 rings (SSSR count). The SMILES string of the molecule is COc1ccc2cc(C(=O)COC(=O)c3ccco3)ccc2c1. The lowest BCUT2D eigenvalue weighted by molar-refractivity contribution is 0.0444. The predicted octanol–water partition coefficient (Wildman–Crippen LogP) is 3.48. The zero-order chi connectivity index (χ0) is 16.2. The molecule has 0 aliphatic rings. The van der Waals surface area contributed by atoms with E-state index in [2.05, 4.69) is 0 Å². The van der Waals surface area contributed by atoms with Crippen LogP contribution < -0.4 is 4.74 Å². The van der Waals surface area contributed by atoms with Gasteiger partial charge in [0, 0.05) is 5.56 Å². The Hall–Kier alpha value is -3.08. The number of benzene rings is 2. The van der Waals surface area contributed by atoms with Gasteiger partial charge in [0.1, 0.15) is 5.75 Å². The molecule has 0 aliphatic carbocycles. The molecule has 0 spiro atoms. The molecule has 0 fully saturated rings. The number of esters is 1. The topological polar surface area (TPSA) is 65.7 Å². The van der Waals surface area contributed by atoms with E-state index >= 15 is 0 Å². The van der Waals surface area contributed by atoms with E-state index in [0.717, 1.165) is 16.5 Å². The third-order valence-corrected chi connectivity index (χ3v) is 3.43. The molecule has 1 heterocycles. The first-order valence-corrected chi connectivity index (χ1v) is 6.99. The van der Waals surface area contributed by atoms with Crippen molar-refractivity contribution in [2.75, 3.05) is 13.7 Å². The Bertz CT molecular complexity index is 849. The summed E-state index contributed by atoms with van der Waals surface area (Å²) in [5, 5.41) is 1.88. The molecule has 0 bridgehead atoms. The van der Waals surface area contributed by atoms with E-state index in [1.165, 1.54) is 12.3 Å². The molecule has 23 heavy (non-hydrogen) atoms. The Labute approximate surface area is 132 Å². The number of methoxy groups -OCH3 is 1. The molecule has 0 unspecified atom stereocenters. The number of carbonyl (C=O) groups is 2. The summed E-state index contributed by atoms with van der Waals surface area (Å²) in [6.07, 6.45) is 1.37. The van der Waals surface area contributed by atoms with Crippen molar-refractivity contribution in [3.05, 3.63) is 66.1 Å². The van der Waals surface area contributed by atoms with E-state index in [9.17, 15) is 9.59 Å². The van der Waals surface area contributed by atoms with Crippen LogP contribution in [-0.2, 0) is 4.74 Å². The van der Waals surface area contributed by atoms with Crippen LogP contribution in [0, 0.1) is 0 Å². The molecular formula is C18H14O5. The Balaban J connectivity index is 1.72. The molecule has 0 saturated carbocycles. The molecule has 3 aromatic rings. The molecule has 0 amide bonds. The Morgan fingerprint density at radius 1 is 1.04 bits per heavy atom.